The lowest BCUT2D eigenvalue weighted by atomic mass is 9.73. The highest BCUT2D eigenvalue weighted by Crippen LogP contribution is 2.47. The van der Waals surface area contributed by atoms with E-state index in [1.54, 1.807) is 20.8 Å². The molecule has 1 saturated carbocycles. The lowest BCUT2D eigenvalue weighted by molar-refractivity contribution is -0.175. The van der Waals surface area contributed by atoms with Gasteiger partial charge in [0.15, 0.2) is 17.1 Å². The van der Waals surface area contributed by atoms with Crippen LogP contribution in [0.5, 0.6) is 11.5 Å². The van der Waals surface area contributed by atoms with Crippen LogP contribution in [-0.4, -0.2) is 65.6 Å². The Morgan fingerprint density at radius 3 is 2.24 bits per heavy atom. The zero-order chi connectivity index (χ0) is 31.2. The standard InChI is InChI=1S/C30H37ClF2N2O7/c1-6-40-23-15-22(25(31)26(41-7-2)24(23)19(4)36)18(3)35(13-14-42-20(5)21-11-9-8-10-12-21)28(39)34-29(27(37)38)16-30(32,33)17-29/h8-12,15,18,20H,6-7,13-14,16-17H2,1-5H3,(H,34,39)(H,37,38)/t18-,20+/m1/s1. The number of rotatable bonds is 14. The average molecular weight is 611 g/mol. The van der Waals surface area contributed by atoms with Gasteiger partial charge >= 0.3 is 12.0 Å². The Labute approximate surface area is 249 Å². The minimum absolute atomic E-state index is 0.0316. The van der Waals surface area contributed by atoms with Gasteiger partial charge in [0.25, 0.3) is 5.92 Å². The Bertz CT molecular complexity index is 1280. The zero-order valence-electron chi connectivity index (χ0n) is 24.3. The van der Waals surface area contributed by atoms with E-state index in [-0.39, 0.29) is 60.3 Å². The van der Waals surface area contributed by atoms with Crippen LogP contribution in [0.3, 0.4) is 0 Å². The van der Waals surface area contributed by atoms with E-state index in [1.807, 2.05) is 37.3 Å². The van der Waals surface area contributed by atoms with Crippen LogP contribution in [0.4, 0.5) is 13.6 Å². The summed E-state index contributed by atoms with van der Waals surface area (Å²) >= 11 is 6.76. The molecule has 0 unspecified atom stereocenters. The van der Waals surface area contributed by atoms with E-state index in [2.05, 4.69) is 5.32 Å². The minimum atomic E-state index is -3.21. The van der Waals surface area contributed by atoms with E-state index in [0.29, 0.717) is 5.56 Å². The number of hydrogen-bond acceptors (Lipinski definition) is 6. The number of Topliss-reactive ketones (excluding diaryl/α,β-unsaturated/α-hetero) is 1. The summed E-state index contributed by atoms with van der Waals surface area (Å²) in [5, 5.41) is 12.1. The Kier molecular flexibility index (Phi) is 10.8. The van der Waals surface area contributed by atoms with E-state index in [4.69, 9.17) is 25.8 Å². The number of carboxylic acid groups (broad SMARTS) is 1. The number of ketones is 1. The number of benzene rings is 2. The number of aliphatic carboxylic acids is 1. The van der Waals surface area contributed by atoms with Crippen molar-refractivity contribution in [3.63, 3.8) is 0 Å². The first-order valence-electron chi connectivity index (χ1n) is 13.8. The van der Waals surface area contributed by atoms with E-state index in [9.17, 15) is 28.3 Å². The fourth-order valence-electron chi connectivity index (χ4n) is 5.00. The molecule has 0 saturated heterocycles. The number of nitrogens with zero attached hydrogens (tertiary/aromatic N) is 1. The number of hydrogen-bond donors (Lipinski definition) is 2. The number of urea groups is 1. The van der Waals surface area contributed by atoms with Crippen LogP contribution < -0.4 is 14.8 Å². The fourth-order valence-corrected chi connectivity index (χ4v) is 5.37. The maximum absolute atomic E-state index is 13.8. The van der Waals surface area contributed by atoms with Crippen molar-refractivity contribution in [2.75, 3.05) is 26.4 Å². The van der Waals surface area contributed by atoms with Crippen LogP contribution in [0, 0.1) is 0 Å². The van der Waals surface area contributed by atoms with Crippen LogP contribution in [0.25, 0.3) is 0 Å². The Hall–Kier alpha value is -3.44. The lowest BCUT2D eigenvalue weighted by Crippen LogP contribution is -2.68. The van der Waals surface area contributed by atoms with Gasteiger partial charge in [0.2, 0.25) is 0 Å². The second-order valence-corrected chi connectivity index (χ2v) is 10.6. The number of ether oxygens (including phenoxy) is 3. The third-order valence-electron chi connectivity index (χ3n) is 7.18. The molecule has 230 valence electrons. The van der Waals surface area contributed by atoms with Crippen LogP contribution in [0.15, 0.2) is 36.4 Å². The van der Waals surface area contributed by atoms with Crippen molar-refractivity contribution < 1.29 is 42.5 Å². The maximum atomic E-state index is 13.8. The number of nitrogens with one attached hydrogen (secondary N) is 1. The summed E-state index contributed by atoms with van der Waals surface area (Å²) in [5.41, 5.74) is -0.708. The van der Waals surface area contributed by atoms with Gasteiger partial charge in [-0.05, 0) is 46.2 Å². The van der Waals surface area contributed by atoms with Crippen molar-refractivity contribution in [1.82, 2.24) is 10.2 Å². The Balaban J connectivity index is 1.99. The zero-order valence-corrected chi connectivity index (χ0v) is 25.1. The number of carbonyl (C=O) groups is 3. The van der Waals surface area contributed by atoms with Gasteiger partial charge in [-0.2, -0.15) is 0 Å². The lowest BCUT2D eigenvalue weighted by Gasteiger charge is -2.45. The summed E-state index contributed by atoms with van der Waals surface area (Å²) < 4.78 is 45.0. The SMILES string of the molecule is CCOc1cc([C@@H](C)N(CCO[C@@H](C)c2ccccc2)C(=O)NC2(C(=O)O)CC(F)(F)C2)c(Cl)c(OCC)c1C(C)=O. The van der Waals surface area contributed by atoms with Crippen molar-refractivity contribution in [2.24, 2.45) is 0 Å². The molecule has 42 heavy (non-hydrogen) atoms. The van der Waals surface area contributed by atoms with E-state index < -0.39 is 42.3 Å². The molecule has 12 heteroatoms. The second kappa shape index (κ2) is 13.7. The van der Waals surface area contributed by atoms with Crippen LogP contribution in [0.1, 0.15) is 81.1 Å². The summed E-state index contributed by atoms with van der Waals surface area (Å²) in [6.45, 7) is 8.71. The fraction of sp³-hybridized carbons (Fsp3) is 0.500. The Morgan fingerprint density at radius 1 is 1.10 bits per heavy atom. The molecule has 0 aliphatic heterocycles. The molecule has 2 atom stereocenters. The number of carbonyl (C=O) groups excluding carboxylic acids is 2. The first kappa shape index (κ1) is 33.1. The third-order valence-corrected chi connectivity index (χ3v) is 7.57. The molecule has 1 aliphatic carbocycles. The molecule has 1 fully saturated rings. The van der Waals surface area contributed by atoms with Crippen molar-refractivity contribution in [2.45, 2.75) is 71.1 Å². The summed E-state index contributed by atoms with van der Waals surface area (Å²) in [6.07, 6.45) is -2.38. The molecule has 0 heterocycles. The van der Waals surface area contributed by atoms with Gasteiger partial charge in [-0.1, -0.05) is 41.9 Å². The molecule has 2 N–H and O–H groups in total. The maximum Gasteiger partial charge on any atom is 0.329 e. The third kappa shape index (κ3) is 7.30. The van der Waals surface area contributed by atoms with Gasteiger partial charge in [-0.25, -0.2) is 18.4 Å². The number of amides is 2. The average Bonchev–Trinajstić information content (AvgIpc) is 2.91. The van der Waals surface area contributed by atoms with Crippen molar-refractivity contribution in [3.05, 3.63) is 58.1 Å². The monoisotopic (exact) mass is 610 g/mol. The molecule has 0 bridgehead atoms. The van der Waals surface area contributed by atoms with Crippen molar-refractivity contribution >= 4 is 29.4 Å². The van der Waals surface area contributed by atoms with Crippen molar-refractivity contribution in [3.8, 4) is 11.5 Å². The van der Waals surface area contributed by atoms with E-state index in [0.717, 1.165) is 5.56 Å². The highest BCUT2D eigenvalue weighted by molar-refractivity contribution is 6.33. The molecule has 1 aliphatic rings. The molecule has 0 aromatic heterocycles. The summed E-state index contributed by atoms with van der Waals surface area (Å²) in [7, 11) is 0. The van der Waals surface area contributed by atoms with Gasteiger partial charge in [-0.15, -0.1) is 0 Å². The molecule has 2 aromatic rings. The van der Waals surface area contributed by atoms with Gasteiger partial charge < -0.3 is 29.5 Å². The smallest absolute Gasteiger partial charge is 0.329 e. The van der Waals surface area contributed by atoms with Gasteiger partial charge in [0.1, 0.15) is 11.3 Å². The predicted molar refractivity (Wildman–Crippen MR) is 153 cm³/mol. The summed E-state index contributed by atoms with van der Waals surface area (Å²) in [6, 6.07) is 9.20. The highest BCUT2D eigenvalue weighted by atomic mass is 35.5. The molecule has 9 nitrogen and oxygen atoms in total. The van der Waals surface area contributed by atoms with Gasteiger partial charge in [0, 0.05) is 24.9 Å². The van der Waals surface area contributed by atoms with E-state index in [1.165, 1.54) is 17.9 Å². The second-order valence-electron chi connectivity index (χ2n) is 10.2. The molecule has 2 amide bonds. The van der Waals surface area contributed by atoms with Crippen LogP contribution in [-0.2, 0) is 9.53 Å². The van der Waals surface area contributed by atoms with Gasteiger partial charge in [-0.3, -0.25) is 4.79 Å². The Morgan fingerprint density at radius 2 is 1.71 bits per heavy atom. The van der Waals surface area contributed by atoms with Crippen molar-refractivity contribution in [1.29, 1.82) is 0 Å². The largest absolute Gasteiger partial charge is 0.493 e. The topological polar surface area (TPSA) is 114 Å². The molecular formula is C30H37ClF2N2O7. The molecule has 0 spiro atoms. The molecule has 3 rings (SSSR count). The molecule has 2 aromatic carbocycles. The van der Waals surface area contributed by atoms with Crippen LogP contribution >= 0.6 is 11.6 Å². The summed E-state index contributed by atoms with van der Waals surface area (Å²) in [5.74, 6) is -4.80. The highest BCUT2D eigenvalue weighted by Gasteiger charge is 2.62. The first-order valence-corrected chi connectivity index (χ1v) is 14.1. The summed E-state index contributed by atoms with van der Waals surface area (Å²) in [4.78, 5) is 39.4. The molecule has 0 radical (unpaired) electrons. The molecular weight excluding hydrogens is 574 g/mol. The minimum Gasteiger partial charge on any atom is -0.493 e. The number of carboxylic acids is 1. The normalized spacial score (nSPS) is 16.5. The number of alkyl halides is 2. The quantitative estimate of drug-likeness (QED) is 0.237. The van der Waals surface area contributed by atoms with Crippen LogP contribution in [0.2, 0.25) is 5.02 Å². The van der Waals surface area contributed by atoms with Gasteiger partial charge in [0.05, 0.1) is 37.0 Å². The van der Waals surface area contributed by atoms with E-state index >= 15 is 0 Å². The first-order chi connectivity index (χ1) is 19.8. The number of halogens is 3. The predicted octanol–water partition coefficient (Wildman–Crippen LogP) is 6.44.